The van der Waals surface area contributed by atoms with Gasteiger partial charge in [0.05, 0.1) is 5.52 Å². The van der Waals surface area contributed by atoms with E-state index in [4.69, 9.17) is 4.98 Å². The zero-order valence-corrected chi connectivity index (χ0v) is 13.0. The molecule has 3 heterocycles. The Kier molecular flexibility index (Phi) is 2.94. The lowest BCUT2D eigenvalue weighted by Crippen LogP contribution is -2.06. The molecule has 0 bridgehead atoms. The van der Waals surface area contributed by atoms with Crippen LogP contribution < -0.4 is 5.32 Å². The van der Waals surface area contributed by atoms with Crippen molar-refractivity contribution in [1.29, 1.82) is 0 Å². The molecule has 0 amide bonds. The number of rotatable bonds is 4. The lowest BCUT2D eigenvalue weighted by Gasteiger charge is -2.12. The molecular weight excluding hydrogens is 300 g/mol. The minimum absolute atomic E-state index is 0.726. The van der Waals surface area contributed by atoms with Gasteiger partial charge in [0.15, 0.2) is 5.82 Å². The summed E-state index contributed by atoms with van der Waals surface area (Å²) in [6.45, 7) is 0.973. The van der Waals surface area contributed by atoms with Crippen LogP contribution in [0.25, 0.3) is 33.1 Å². The number of aromatic amines is 1. The molecular formula is C18H16N6. The molecule has 1 aliphatic rings. The molecule has 1 aliphatic carbocycles. The molecule has 1 fully saturated rings. The zero-order valence-electron chi connectivity index (χ0n) is 13.0. The van der Waals surface area contributed by atoms with Crippen molar-refractivity contribution in [3.63, 3.8) is 0 Å². The third kappa shape index (κ3) is 2.19. The summed E-state index contributed by atoms with van der Waals surface area (Å²) in [6, 6.07) is 8.14. The summed E-state index contributed by atoms with van der Waals surface area (Å²) >= 11 is 0. The predicted molar refractivity (Wildman–Crippen MR) is 93.6 cm³/mol. The quantitative estimate of drug-likeness (QED) is 0.564. The van der Waals surface area contributed by atoms with E-state index in [1.807, 2.05) is 30.6 Å². The summed E-state index contributed by atoms with van der Waals surface area (Å²) < 4.78 is 0. The molecule has 5 rings (SSSR count). The van der Waals surface area contributed by atoms with Crippen molar-refractivity contribution in [3.05, 3.63) is 43.0 Å². The maximum atomic E-state index is 4.93. The van der Waals surface area contributed by atoms with Gasteiger partial charge in [-0.2, -0.15) is 5.10 Å². The Morgan fingerprint density at radius 1 is 1.12 bits per heavy atom. The number of fused-ring (bicyclic) bond motifs is 3. The number of para-hydroxylation sites is 1. The molecule has 0 spiro atoms. The average Bonchev–Trinajstić information content (AvgIpc) is 3.30. The van der Waals surface area contributed by atoms with E-state index in [2.05, 4.69) is 31.5 Å². The number of pyridine rings is 2. The summed E-state index contributed by atoms with van der Waals surface area (Å²) in [5, 5.41) is 13.7. The summed E-state index contributed by atoms with van der Waals surface area (Å²) in [5.74, 6) is 2.42. The molecule has 118 valence electrons. The van der Waals surface area contributed by atoms with Gasteiger partial charge in [-0.15, -0.1) is 0 Å². The van der Waals surface area contributed by atoms with E-state index in [0.717, 1.165) is 51.3 Å². The van der Waals surface area contributed by atoms with Gasteiger partial charge in [-0.05, 0) is 30.9 Å². The SMILES string of the molecule is c1cc(-c2ncn[nH]2)c2nc(NCC3CC3)c3ccncc3c2c1. The topological polar surface area (TPSA) is 79.4 Å². The fraction of sp³-hybridized carbons (Fsp3) is 0.222. The molecule has 24 heavy (non-hydrogen) atoms. The van der Waals surface area contributed by atoms with E-state index in [1.54, 1.807) is 0 Å². The molecule has 0 saturated heterocycles. The fourth-order valence-electron chi connectivity index (χ4n) is 3.09. The summed E-state index contributed by atoms with van der Waals surface area (Å²) in [4.78, 5) is 13.5. The van der Waals surface area contributed by atoms with Crippen LogP contribution in [-0.2, 0) is 0 Å². The minimum Gasteiger partial charge on any atom is -0.369 e. The second kappa shape index (κ2) is 5.26. The second-order valence-corrected chi connectivity index (χ2v) is 6.24. The van der Waals surface area contributed by atoms with Crippen molar-refractivity contribution in [2.75, 3.05) is 11.9 Å². The molecule has 0 unspecified atom stereocenters. The largest absolute Gasteiger partial charge is 0.369 e. The fourth-order valence-corrected chi connectivity index (χ4v) is 3.09. The first kappa shape index (κ1) is 13.4. The van der Waals surface area contributed by atoms with E-state index >= 15 is 0 Å². The van der Waals surface area contributed by atoms with E-state index in [9.17, 15) is 0 Å². The Labute approximate surface area is 138 Å². The van der Waals surface area contributed by atoms with Gasteiger partial charge >= 0.3 is 0 Å². The molecule has 3 aromatic heterocycles. The van der Waals surface area contributed by atoms with Gasteiger partial charge in [0.25, 0.3) is 0 Å². The van der Waals surface area contributed by atoms with E-state index < -0.39 is 0 Å². The van der Waals surface area contributed by atoms with Crippen LogP contribution in [0.15, 0.2) is 43.0 Å². The third-order valence-electron chi connectivity index (χ3n) is 4.55. The molecule has 0 aliphatic heterocycles. The Morgan fingerprint density at radius 3 is 2.92 bits per heavy atom. The normalized spacial score (nSPS) is 14.3. The van der Waals surface area contributed by atoms with Crippen molar-refractivity contribution in [2.45, 2.75) is 12.8 Å². The summed E-state index contributed by atoms with van der Waals surface area (Å²) in [5.41, 5.74) is 1.86. The summed E-state index contributed by atoms with van der Waals surface area (Å²) in [7, 11) is 0. The minimum atomic E-state index is 0.726. The van der Waals surface area contributed by atoms with E-state index in [-0.39, 0.29) is 0 Å². The lowest BCUT2D eigenvalue weighted by molar-refractivity contribution is 0.886. The predicted octanol–water partition coefficient (Wildman–Crippen LogP) is 3.39. The van der Waals surface area contributed by atoms with Crippen molar-refractivity contribution in [3.8, 4) is 11.4 Å². The number of nitrogens with one attached hydrogen (secondary N) is 2. The van der Waals surface area contributed by atoms with Gasteiger partial charge in [-0.3, -0.25) is 10.1 Å². The van der Waals surface area contributed by atoms with Gasteiger partial charge in [0.1, 0.15) is 12.1 Å². The molecule has 0 atom stereocenters. The third-order valence-corrected chi connectivity index (χ3v) is 4.55. The lowest BCUT2D eigenvalue weighted by atomic mass is 10.0. The first-order chi connectivity index (χ1) is 11.9. The number of benzene rings is 1. The van der Waals surface area contributed by atoms with Crippen molar-refractivity contribution < 1.29 is 0 Å². The highest BCUT2D eigenvalue weighted by atomic mass is 15.2. The van der Waals surface area contributed by atoms with Crippen LogP contribution in [0, 0.1) is 5.92 Å². The molecule has 6 heteroatoms. The molecule has 0 radical (unpaired) electrons. The van der Waals surface area contributed by atoms with Crippen LogP contribution >= 0.6 is 0 Å². The Bertz CT molecular complexity index is 1020. The van der Waals surface area contributed by atoms with E-state index in [1.165, 1.54) is 19.2 Å². The highest BCUT2D eigenvalue weighted by Crippen LogP contribution is 2.34. The Hall–Kier alpha value is -3.02. The first-order valence-corrected chi connectivity index (χ1v) is 8.16. The number of hydrogen-bond donors (Lipinski definition) is 2. The number of aromatic nitrogens is 5. The molecule has 1 aromatic carbocycles. The van der Waals surface area contributed by atoms with Gasteiger partial charge < -0.3 is 5.32 Å². The van der Waals surface area contributed by atoms with Gasteiger partial charge in [0, 0.05) is 40.7 Å². The van der Waals surface area contributed by atoms with Crippen LogP contribution in [0.3, 0.4) is 0 Å². The zero-order chi connectivity index (χ0) is 15.9. The smallest absolute Gasteiger partial charge is 0.157 e. The molecule has 2 N–H and O–H groups in total. The summed E-state index contributed by atoms with van der Waals surface area (Å²) in [6.07, 6.45) is 7.86. The standard InChI is InChI=1S/C18H16N6/c1-2-12-15-9-19-7-6-13(15)17(20-8-11-4-5-11)23-16(12)14(3-1)18-21-10-22-24-18/h1-3,6-7,9-11H,4-5,8H2,(H,20,23)(H,21,22,24). The maximum absolute atomic E-state index is 4.93. The number of H-pyrrole nitrogens is 1. The van der Waals surface area contributed by atoms with Crippen LogP contribution in [0.4, 0.5) is 5.82 Å². The highest BCUT2D eigenvalue weighted by molar-refractivity contribution is 6.12. The van der Waals surface area contributed by atoms with Crippen molar-refractivity contribution >= 4 is 27.5 Å². The van der Waals surface area contributed by atoms with Crippen molar-refractivity contribution in [2.24, 2.45) is 5.92 Å². The van der Waals surface area contributed by atoms with Gasteiger partial charge in [-0.25, -0.2) is 9.97 Å². The van der Waals surface area contributed by atoms with Gasteiger partial charge in [-0.1, -0.05) is 12.1 Å². The Balaban J connectivity index is 1.78. The second-order valence-electron chi connectivity index (χ2n) is 6.24. The van der Waals surface area contributed by atoms with Crippen LogP contribution in [0.2, 0.25) is 0 Å². The molecule has 6 nitrogen and oxygen atoms in total. The van der Waals surface area contributed by atoms with E-state index in [0.29, 0.717) is 0 Å². The van der Waals surface area contributed by atoms with Gasteiger partial charge in [0.2, 0.25) is 0 Å². The maximum Gasteiger partial charge on any atom is 0.157 e. The molecule has 4 aromatic rings. The van der Waals surface area contributed by atoms with Crippen LogP contribution in [0.5, 0.6) is 0 Å². The van der Waals surface area contributed by atoms with Crippen LogP contribution in [-0.4, -0.2) is 31.7 Å². The average molecular weight is 316 g/mol. The monoisotopic (exact) mass is 316 g/mol. The number of hydrogen-bond acceptors (Lipinski definition) is 5. The highest BCUT2D eigenvalue weighted by Gasteiger charge is 2.21. The number of nitrogens with zero attached hydrogens (tertiary/aromatic N) is 4. The van der Waals surface area contributed by atoms with Crippen molar-refractivity contribution in [1.82, 2.24) is 25.1 Å². The van der Waals surface area contributed by atoms with Crippen LogP contribution in [0.1, 0.15) is 12.8 Å². The Morgan fingerprint density at radius 2 is 2.08 bits per heavy atom. The number of anilines is 1. The molecule has 1 saturated carbocycles. The first-order valence-electron chi connectivity index (χ1n) is 8.16.